The average Bonchev–Trinajstić information content (AvgIpc) is 2.81. The molecule has 1 aromatic heterocycles. The summed E-state index contributed by atoms with van der Waals surface area (Å²) in [6.07, 6.45) is 5.29. The van der Waals surface area contributed by atoms with Gasteiger partial charge in [-0.3, -0.25) is 4.79 Å². The molecule has 1 amide bonds. The maximum absolute atomic E-state index is 12.4. The molecule has 2 rings (SSSR count). The Balaban J connectivity index is 1.95. The van der Waals surface area contributed by atoms with Crippen LogP contribution in [0.3, 0.4) is 0 Å². The summed E-state index contributed by atoms with van der Waals surface area (Å²) < 4.78 is 2.99. The van der Waals surface area contributed by atoms with Crippen molar-refractivity contribution >= 4 is 21.8 Å². The van der Waals surface area contributed by atoms with E-state index in [4.69, 9.17) is 0 Å². The van der Waals surface area contributed by atoms with E-state index in [2.05, 4.69) is 47.0 Å². The molecule has 118 valence electrons. The number of likely N-dealkylation sites (tertiary alicyclic amines) is 1. The zero-order chi connectivity index (χ0) is 15.5. The van der Waals surface area contributed by atoms with Crippen LogP contribution >= 0.6 is 15.9 Å². The second kappa shape index (κ2) is 6.97. The van der Waals surface area contributed by atoms with Crippen molar-refractivity contribution in [3.63, 3.8) is 0 Å². The van der Waals surface area contributed by atoms with Gasteiger partial charge in [0.05, 0.1) is 0 Å². The Bertz CT molecular complexity index is 490. The van der Waals surface area contributed by atoms with Crippen LogP contribution in [0.2, 0.25) is 0 Å². The number of aromatic nitrogens is 1. The molecule has 4 nitrogen and oxygen atoms in total. The van der Waals surface area contributed by atoms with E-state index in [1.807, 2.05) is 16.8 Å². The van der Waals surface area contributed by atoms with Crippen LogP contribution in [0.5, 0.6) is 0 Å². The molecular formula is C16H26BrN3O. The largest absolute Gasteiger partial charge is 0.350 e. The van der Waals surface area contributed by atoms with E-state index < -0.39 is 0 Å². The molecule has 0 bridgehead atoms. The van der Waals surface area contributed by atoms with E-state index in [1.54, 1.807) is 0 Å². The second-order valence-electron chi connectivity index (χ2n) is 6.53. The lowest BCUT2D eigenvalue weighted by molar-refractivity contribution is 0.0882. The fraction of sp³-hybridized carbons (Fsp3) is 0.688. The van der Waals surface area contributed by atoms with Crippen molar-refractivity contribution in [3.8, 4) is 0 Å². The standard InChI is InChI=1S/C16H26BrN3O/c1-4-7-20-11-13(17)10-14(20)15(21)18-12-16(2)5-8-19(3)9-6-16/h10-11H,4-9,12H2,1-3H3,(H,18,21). The number of halogens is 1. The van der Waals surface area contributed by atoms with E-state index >= 15 is 0 Å². The molecule has 0 aliphatic carbocycles. The SMILES string of the molecule is CCCn1cc(Br)cc1C(=O)NCC1(C)CCN(C)CC1. The first-order valence-electron chi connectivity index (χ1n) is 7.76. The molecule has 5 heteroatoms. The van der Waals surface area contributed by atoms with Crippen LogP contribution < -0.4 is 5.32 Å². The van der Waals surface area contributed by atoms with Crippen LogP contribution in [0.1, 0.15) is 43.6 Å². The molecule has 0 atom stereocenters. The number of aryl methyl sites for hydroxylation is 1. The van der Waals surface area contributed by atoms with Crippen molar-refractivity contribution in [1.82, 2.24) is 14.8 Å². The van der Waals surface area contributed by atoms with Crippen molar-refractivity contribution in [2.24, 2.45) is 5.41 Å². The summed E-state index contributed by atoms with van der Waals surface area (Å²) in [6.45, 7) is 8.26. The Labute approximate surface area is 136 Å². The second-order valence-corrected chi connectivity index (χ2v) is 7.45. The molecule has 0 spiro atoms. The van der Waals surface area contributed by atoms with Crippen LogP contribution in [0.25, 0.3) is 0 Å². The number of nitrogens with zero attached hydrogens (tertiary/aromatic N) is 2. The third-order valence-corrected chi connectivity index (χ3v) is 4.86. The fourth-order valence-corrected chi connectivity index (χ4v) is 3.27. The van der Waals surface area contributed by atoms with Gasteiger partial charge in [-0.25, -0.2) is 0 Å². The average molecular weight is 356 g/mol. The number of carbonyl (C=O) groups is 1. The molecule has 1 saturated heterocycles. The number of hydrogen-bond acceptors (Lipinski definition) is 2. The minimum Gasteiger partial charge on any atom is -0.350 e. The van der Waals surface area contributed by atoms with E-state index in [1.165, 1.54) is 0 Å². The van der Waals surface area contributed by atoms with Gasteiger partial charge in [0.25, 0.3) is 5.91 Å². The van der Waals surface area contributed by atoms with Gasteiger partial charge in [-0.2, -0.15) is 0 Å². The van der Waals surface area contributed by atoms with Crippen LogP contribution in [-0.2, 0) is 6.54 Å². The number of piperidine rings is 1. The normalized spacial score (nSPS) is 18.7. The highest BCUT2D eigenvalue weighted by Crippen LogP contribution is 2.29. The van der Waals surface area contributed by atoms with Crippen LogP contribution in [0.4, 0.5) is 0 Å². The minimum atomic E-state index is 0.0364. The quantitative estimate of drug-likeness (QED) is 0.880. The monoisotopic (exact) mass is 355 g/mol. The van der Waals surface area contributed by atoms with Gasteiger partial charge in [0.1, 0.15) is 5.69 Å². The summed E-state index contributed by atoms with van der Waals surface area (Å²) in [4.78, 5) is 14.8. The highest BCUT2D eigenvalue weighted by Gasteiger charge is 2.29. The Morgan fingerprint density at radius 2 is 2.10 bits per heavy atom. The third-order valence-electron chi connectivity index (χ3n) is 4.43. The number of amides is 1. The summed E-state index contributed by atoms with van der Waals surface area (Å²) in [6, 6.07) is 1.90. The molecular weight excluding hydrogens is 330 g/mol. The van der Waals surface area contributed by atoms with Crippen molar-refractivity contribution in [3.05, 3.63) is 22.4 Å². The maximum Gasteiger partial charge on any atom is 0.267 e. The number of rotatable bonds is 5. The molecule has 1 aliphatic heterocycles. The topological polar surface area (TPSA) is 37.3 Å². The molecule has 1 aromatic rings. The molecule has 0 radical (unpaired) electrons. The van der Waals surface area contributed by atoms with Gasteiger partial charge in [-0.15, -0.1) is 0 Å². The maximum atomic E-state index is 12.4. The molecule has 1 aliphatic rings. The van der Waals surface area contributed by atoms with Crippen molar-refractivity contribution < 1.29 is 4.79 Å². The molecule has 2 heterocycles. The van der Waals surface area contributed by atoms with Crippen LogP contribution in [0, 0.1) is 5.41 Å². The van der Waals surface area contributed by atoms with E-state index in [9.17, 15) is 4.79 Å². The summed E-state index contributed by atoms with van der Waals surface area (Å²) in [7, 11) is 2.16. The summed E-state index contributed by atoms with van der Waals surface area (Å²) in [5.74, 6) is 0.0364. The fourth-order valence-electron chi connectivity index (χ4n) is 2.81. The first-order chi connectivity index (χ1) is 9.93. The Morgan fingerprint density at radius 1 is 1.43 bits per heavy atom. The summed E-state index contributed by atoms with van der Waals surface area (Å²) in [5.41, 5.74) is 0.974. The molecule has 0 unspecified atom stereocenters. The minimum absolute atomic E-state index is 0.0364. The Kier molecular flexibility index (Phi) is 5.49. The highest BCUT2D eigenvalue weighted by molar-refractivity contribution is 9.10. The van der Waals surface area contributed by atoms with Gasteiger partial charge in [0.15, 0.2) is 0 Å². The van der Waals surface area contributed by atoms with Crippen molar-refractivity contribution in [2.45, 2.75) is 39.7 Å². The first kappa shape index (κ1) is 16.6. The predicted molar refractivity (Wildman–Crippen MR) is 89.6 cm³/mol. The summed E-state index contributed by atoms with van der Waals surface area (Å²) in [5, 5.41) is 3.14. The Morgan fingerprint density at radius 3 is 2.71 bits per heavy atom. The molecule has 0 aromatic carbocycles. The summed E-state index contributed by atoms with van der Waals surface area (Å²) >= 11 is 3.46. The van der Waals surface area contributed by atoms with Crippen LogP contribution in [-0.4, -0.2) is 42.1 Å². The number of hydrogen-bond donors (Lipinski definition) is 1. The Hall–Kier alpha value is -0.810. The number of carbonyl (C=O) groups excluding carboxylic acids is 1. The van der Waals surface area contributed by atoms with Gasteiger partial charge in [0.2, 0.25) is 0 Å². The smallest absolute Gasteiger partial charge is 0.267 e. The van der Waals surface area contributed by atoms with Gasteiger partial charge in [-0.05, 0) is 66.8 Å². The van der Waals surface area contributed by atoms with E-state index in [0.29, 0.717) is 0 Å². The predicted octanol–water partition coefficient (Wildman–Crippen LogP) is 3.12. The lowest BCUT2D eigenvalue weighted by Crippen LogP contribution is -2.43. The lowest BCUT2D eigenvalue weighted by Gasteiger charge is -2.37. The van der Waals surface area contributed by atoms with Crippen molar-refractivity contribution in [2.75, 3.05) is 26.7 Å². The van der Waals surface area contributed by atoms with E-state index in [-0.39, 0.29) is 11.3 Å². The highest BCUT2D eigenvalue weighted by atomic mass is 79.9. The third kappa shape index (κ3) is 4.33. The van der Waals surface area contributed by atoms with Crippen molar-refractivity contribution in [1.29, 1.82) is 0 Å². The van der Waals surface area contributed by atoms with Gasteiger partial charge >= 0.3 is 0 Å². The molecule has 1 N–H and O–H groups in total. The van der Waals surface area contributed by atoms with E-state index in [0.717, 1.165) is 55.6 Å². The molecule has 0 saturated carbocycles. The van der Waals surface area contributed by atoms with Gasteiger partial charge in [0, 0.05) is 23.8 Å². The van der Waals surface area contributed by atoms with Gasteiger partial charge < -0.3 is 14.8 Å². The first-order valence-corrected chi connectivity index (χ1v) is 8.55. The molecule has 1 fully saturated rings. The van der Waals surface area contributed by atoms with Crippen LogP contribution in [0.15, 0.2) is 16.7 Å². The molecule has 21 heavy (non-hydrogen) atoms. The number of nitrogens with one attached hydrogen (secondary N) is 1. The lowest BCUT2D eigenvalue weighted by atomic mass is 9.80. The zero-order valence-corrected chi connectivity index (χ0v) is 14.9. The zero-order valence-electron chi connectivity index (χ0n) is 13.3. The van der Waals surface area contributed by atoms with Gasteiger partial charge in [-0.1, -0.05) is 13.8 Å².